The van der Waals surface area contributed by atoms with E-state index >= 15 is 0 Å². The molecular weight excluding hydrogens is 146 g/mol. The molecule has 0 spiro atoms. The molecule has 1 rings (SSSR count). The second-order valence-electron chi connectivity index (χ2n) is 2.11. The van der Waals surface area contributed by atoms with Crippen molar-refractivity contribution in [2.24, 2.45) is 0 Å². The SMILES string of the molecule is COCC(=O)c1coc(C)n1. The van der Waals surface area contributed by atoms with Crippen LogP contribution in [0.15, 0.2) is 10.7 Å². The molecule has 0 saturated heterocycles. The molecular formula is C7H9NO3. The van der Waals surface area contributed by atoms with E-state index in [1.807, 2.05) is 0 Å². The van der Waals surface area contributed by atoms with Gasteiger partial charge in [0.25, 0.3) is 0 Å². The van der Waals surface area contributed by atoms with E-state index in [-0.39, 0.29) is 12.4 Å². The van der Waals surface area contributed by atoms with Crippen LogP contribution in [-0.4, -0.2) is 24.5 Å². The quantitative estimate of drug-likeness (QED) is 0.606. The summed E-state index contributed by atoms with van der Waals surface area (Å²) in [7, 11) is 1.46. The van der Waals surface area contributed by atoms with E-state index in [2.05, 4.69) is 9.72 Å². The lowest BCUT2D eigenvalue weighted by molar-refractivity contribution is 0.0843. The Balaban J connectivity index is 2.69. The van der Waals surface area contributed by atoms with E-state index in [1.54, 1.807) is 6.92 Å². The summed E-state index contributed by atoms with van der Waals surface area (Å²) in [5.41, 5.74) is 0.323. The molecule has 0 amide bonds. The maximum Gasteiger partial charge on any atom is 0.210 e. The Kier molecular flexibility index (Phi) is 2.38. The number of aryl methyl sites for hydroxylation is 1. The highest BCUT2D eigenvalue weighted by Gasteiger charge is 2.08. The Labute approximate surface area is 64.2 Å². The minimum Gasteiger partial charge on any atom is -0.449 e. The Hall–Kier alpha value is -1.16. The van der Waals surface area contributed by atoms with Crippen molar-refractivity contribution >= 4 is 5.78 Å². The Morgan fingerprint density at radius 2 is 2.55 bits per heavy atom. The number of ether oxygens (including phenoxy) is 1. The molecule has 0 bridgehead atoms. The third-order valence-electron chi connectivity index (χ3n) is 1.18. The zero-order valence-corrected chi connectivity index (χ0v) is 6.46. The molecule has 0 radical (unpaired) electrons. The molecule has 0 unspecified atom stereocenters. The molecule has 0 saturated carbocycles. The van der Waals surface area contributed by atoms with Crippen LogP contribution in [0.2, 0.25) is 0 Å². The van der Waals surface area contributed by atoms with Crippen molar-refractivity contribution in [3.05, 3.63) is 17.8 Å². The number of rotatable bonds is 3. The van der Waals surface area contributed by atoms with Crippen molar-refractivity contribution in [3.8, 4) is 0 Å². The first kappa shape index (κ1) is 7.94. The number of carbonyl (C=O) groups excluding carboxylic acids is 1. The highest BCUT2D eigenvalue weighted by molar-refractivity contribution is 5.94. The average Bonchev–Trinajstić information content (AvgIpc) is 2.36. The second-order valence-corrected chi connectivity index (χ2v) is 2.11. The van der Waals surface area contributed by atoms with E-state index < -0.39 is 0 Å². The molecule has 4 nitrogen and oxygen atoms in total. The van der Waals surface area contributed by atoms with E-state index in [9.17, 15) is 4.79 Å². The number of nitrogens with zero attached hydrogens (tertiary/aromatic N) is 1. The van der Waals surface area contributed by atoms with Gasteiger partial charge in [0.15, 0.2) is 5.89 Å². The Bertz CT molecular complexity index is 254. The second kappa shape index (κ2) is 3.30. The van der Waals surface area contributed by atoms with Gasteiger partial charge in [0.05, 0.1) is 0 Å². The summed E-state index contributed by atoms with van der Waals surface area (Å²) in [5, 5.41) is 0. The van der Waals surface area contributed by atoms with Crippen LogP contribution >= 0.6 is 0 Å². The zero-order chi connectivity index (χ0) is 8.27. The third kappa shape index (κ3) is 1.88. The van der Waals surface area contributed by atoms with Gasteiger partial charge in [0.1, 0.15) is 18.6 Å². The third-order valence-corrected chi connectivity index (χ3v) is 1.18. The monoisotopic (exact) mass is 155 g/mol. The van der Waals surface area contributed by atoms with E-state index in [0.717, 1.165) is 0 Å². The molecule has 1 aromatic heterocycles. The molecule has 60 valence electrons. The van der Waals surface area contributed by atoms with Crippen LogP contribution in [0, 0.1) is 6.92 Å². The molecule has 0 N–H and O–H groups in total. The van der Waals surface area contributed by atoms with Crippen LogP contribution in [0.4, 0.5) is 0 Å². The van der Waals surface area contributed by atoms with Crippen LogP contribution in [0.1, 0.15) is 16.4 Å². The molecule has 1 heterocycles. The summed E-state index contributed by atoms with van der Waals surface area (Å²) >= 11 is 0. The predicted molar refractivity (Wildman–Crippen MR) is 37.4 cm³/mol. The molecule has 1 aromatic rings. The number of carbonyl (C=O) groups is 1. The number of oxazole rings is 1. The van der Waals surface area contributed by atoms with Gasteiger partial charge in [-0.05, 0) is 0 Å². The van der Waals surface area contributed by atoms with Crippen LogP contribution in [0.5, 0.6) is 0 Å². The minimum absolute atomic E-state index is 0.0476. The van der Waals surface area contributed by atoms with Gasteiger partial charge in [-0.15, -0.1) is 0 Å². The molecule has 0 aliphatic carbocycles. The van der Waals surface area contributed by atoms with Gasteiger partial charge in [-0.2, -0.15) is 0 Å². The summed E-state index contributed by atoms with van der Waals surface area (Å²) in [5.74, 6) is 0.328. The maximum atomic E-state index is 11.0. The summed E-state index contributed by atoms with van der Waals surface area (Å²) in [6.07, 6.45) is 1.33. The standard InChI is InChI=1S/C7H9NO3/c1-5-8-6(3-11-5)7(9)4-10-2/h3H,4H2,1-2H3. The summed E-state index contributed by atoms with van der Waals surface area (Å²) < 4.78 is 9.48. The molecule has 0 fully saturated rings. The predicted octanol–water partition coefficient (Wildman–Crippen LogP) is 0.812. The van der Waals surface area contributed by atoms with Crippen LogP contribution in [-0.2, 0) is 4.74 Å². The van der Waals surface area contributed by atoms with E-state index in [4.69, 9.17) is 4.42 Å². The van der Waals surface area contributed by atoms with Crippen molar-refractivity contribution in [2.45, 2.75) is 6.92 Å². The van der Waals surface area contributed by atoms with Gasteiger partial charge in [0, 0.05) is 14.0 Å². The lowest BCUT2D eigenvalue weighted by Crippen LogP contribution is -2.07. The fraction of sp³-hybridized carbons (Fsp3) is 0.429. The zero-order valence-electron chi connectivity index (χ0n) is 6.46. The van der Waals surface area contributed by atoms with Gasteiger partial charge in [-0.3, -0.25) is 4.79 Å². The largest absolute Gasteiger partial charge is 0.449 e. The highest BCUT2D eigenvalue weighted by Crippen LogP contribution is 2.00. The molecule has 4 heteroatoms. The maximum absolute atomic E-state index is 11.0. The summed E-state index contributed by atoms with van der Waals surface area (Å²) in [6.45, 7) is 1.73. The van der Waals surface area contributed by atoms with E-state index in [1.165, 1.54) is 13.4 Å². The molecule has 11 heavy (non-hydrogen) atoms. The van der Waals surface area contributed by atoms with Crippen molar-refractivity contribution in [1.29, 1.82) is 0 Å². The van der Waals surface area contributed by atoms with Gasteiger partial charge in [0.2, 0.25) is 5.78 Å². The molecule has 0 aliphatic rings. The van der Waals surface area contributed by atoms with Gasteiger partial charge < -0.3 is 9.15 Å². The van der Waals surface area contributed by atoms with Crippen molar-refractivity contribution in [2.75, 3.05) is 13.7 Å². The highest BCUT2D eigenvalue weighted by atomic mass is 16.5. The number of Topliss-reactive ketones (excluding diaryl/α,β-unsaturated/α-hetero) is 1. The average molecular weight is 155 g/mol. The number of hydrogen-bond donors (Lipinski definition) is 0. The smallest absolute Gasteiger partial charge is 0.210 e. The van der Waals surface area contributed by atoms with Gasteiger partial charge >= 0.3 is 0 Å². The molecule has 0 atom stereocenters. The Morgan fingerprint density at radius 1 is 1.82 bits per heavy atom. The first-order valence-electron chi connectivity index (χ1n) is 3.18. The number of methoxy groups -OCH3 is 1. The first-order chi connectivity index (χ1) is 5.24. The topological polar surface area (TPSA) is 52.3 Å². The van der Waals surface area contributed by atoms with Gasteiger partial charge in [-0.1, -0.05) is 0 Å². The normalized spacial score (nSPS) is 10.0. The van der Waals surface area contributed by atoms with Crippen molar-refractivity contribution in [1.82, 2.24) is 4.98 Å². The molecule has 0 aromatic carbocycles. The fourth-order valence-electron chi connectivity index (χ4n) is 0.697. The van der Waals surface area contributed by atoms with Crippen LogP contribution in [0.25, 0.3) is 0 Å². The Morgan fingerprint density at radius 3 is 3.00 bits per heavy atom. The number of aromatic nitrogens is 1. The first-order valence-corrected chi connectivity index (χ1v) is 3.18. The number of ketones is 1. The summed E-state index contributed by atoms with van der Waals surface area (Å²) in [4.78, 5) is 14.8. The summed E-state index contributed by atoms with van der Waals surface area (Å²) in [6, 6.07) is 0. The van der Waals surface area contributed by atoms with Gasteiger partial charge in [-0.25, -0.2) is 4.98 Å². The van der Waals surface area contributed by atoms with E-state index in [0.29, 0.717) is 11.6 Å². The lowest BCUT2D eigenvalue weighted by atomic mass is 10.3. The molecule has 0 aliphatic heterocycles. The lowest BCUT2D eigenvalue weighted by Gasteiger charge is -1.91. The van der Waals surface area contributed by atoms with Crippen LogP contribution in [0.3, 0.4) is 0 Å². The number of hydrogen-bond acceptors (Lipinski definition) is 4. The van der Waals surface area contributed by atoms with Crippen molar-refractivity contribution in [3.63, 3.8) is 0 Å². The van der Waals surface area contributed by atoms with Crippen molar-refractivity contribution < 1.29 is 13.9 Å². The fourth-order valence-corrected chi connectivity index (χ4v) is 0.697. The van der Waals surface area contributed by atoms with Crippen LogP contribution < -0.4 is 0 Å². The minimum atomic E-state index is -0.163.